The third-order valence-corrected chi connectivity index (χ3v) is 3.75. The van der Waals surface area contributed by atoms with Gasteiger partial charge in [0.15, 0.2) is 0 Å². The first kappa shape index (κ1) is 16.0. The first-order chi connectivity index (χ1) is 8.50. The molecule has 0 bridgehead atoms. The highest BCUT2D eigenvalue weighted by Crippen LogP contribution is 2.19. The Morgan fingerprint density at radius 2 is 1.89 bits per heavy atom. The van der Waals surface area contributed by atoms with Gasteiger partial charge in [0.1, 0.15) is 0 Å². The van der Waals surface area contributed by atoms with Crippen molar-refractivity contribution >= 4 is 18.3 Å². The molecule has 0 aliphatic carbocycles. The number of piperidine rings is 1. The van der Waals surface area contributed by atoms with E-state index in [2.05, 4.69) is 23.6 Å². The fourth-order valence-corrected chi connectivity index (χ4v) is 2.51. The molecule has 0 radical (unpaired) electrons. The SMILES string of the molecule is Cc1ccc(C(=O)NC2(C)CCNCC2)c(C)c1.Cl. The van der Waals surface area contributed by atoms with E-state index in [0.29, 0.717) is 0 Å². The van der Waals surface area contributed by atoms with Crippen LogP contribution in [-0.4, -0.2) is 24.5 Å². The molecule has 1 aliphatic heterocycles. The minimum atomic E-state index is -0.0698. The summed E-state index contributed by atoms with van der Waals surface area (Å²) in [6.45, 7) is 8.12. The number of aryl methyl sites for hydroxylation is 2. The zero-order valence-electron chi connectivity index (χ0n) is 11.9. The Bertz CT molecular complexity index is 453. The number of amides is 1. The van der Waals surface area contributed by atoms with Crippen molar-refractivity contribution < 1.29 is 4.79 Å². The zero-order chi connectivity index (χ0) is 13.2. The molecule has 1 heterocycles. The Morgan fingerprint density at radius 3 is 2.47 bits per heavy atom. The fraction of sp³-hybridized carbons (Fsp3) is 0.533. The summed E-state index contributed by atoms with van der Waals surface area (Å²) in [5.41, 5.74) is 2.96. The molecule has 0 atom stereocenters. The average molecular weight is 283 g/mol. The van der Waals surface area contributed by atoms with E-state index in [0.717, 1.165) is 37.1 Å². The van der Waals surface area contributed by atoms with Crippen molar-refractivity contribution in [1.82, 2.24) is 10.6 Å². The maximum atomic E-state index is 12.3. The van der Waals surface area contributed by atoms with Crippen molar-refractivity contribution in [3.8, 4) is 0 Å². The van der Waals surface area contributed by atoms with Gasteiger partial charge in [-0.15, -0.1) is 12.4 Å². The van der Waals surface area contributed by atoms with Crippen molar-refractivity contribution in [2.75, 3.05) is 13.1 Å². The largest absolute Gasteiger partial charge is 0.347 e. The lowest BCUT2D eigenvalue weighted by molar-refractivity contribution is 0.0887. The maximum absolute atomic E-state index is 12.3. The second-order valence-electron chi connectivity index (χ2n) is 5.58. The topological polar surface area (TPSA) is 41.1 Å². The molecule has 19 heavy (non-hydrogen) atoms. The quantitative estimate of drug-likeness (QED) is 0.875. The van der Waals surface area contributed by atoms with Crippen molar-refractivity contribution in [3.63, 3.8) is 0 Å². The predicted molar refractivity (Wildman–Crippen MR) is 81.1 cm³/mol. The number of carbonyl (C=O) groups is 1. The summed E-state index contributed by atoms with van der Waals surface area (Å²) in [6.07, 6.45) is 1.98. The van der Waals surface area contributed by atoms with E-state index >= 15 is 0 Å². The van der Waals surface area contributed by atoms with Crippen LogP contribution in [0.2, 0.25) is 0 Å². The summed E-state index contributed by atoms with van der Waals surface area (Å²) in [4.78, 5) is 12.3. The first-order valence-corrected chi connectivity index (χ1v) is 6.61. The number of carbonyl (C=O) groups excluding carboxylic acids is 1. The highest BCUT2D eigenvalue weighted by atomic mass is 35.5. The molecule has 0 saturated carbocycles. The van der Waals surface area contributed by atoms with Gasteiger partial charge in [0.25, 0.3) is 5.91 Å². The second-order valence-corrected chi connectivity index (χ2v) is 5.58. The molecule has 0 unspecified atom stereocenters. The molecular formula is C15H23ClN2O. The number of hydrogen-bond acceptors (Lipinski definition) is 2. The minimum absolute atomic E-state index is 0. The van der Waals surface area contributed by atoms with E-state index in [-0.39, 0.29) is 23.9 Å². The lowest BCUT2D eigenvalue weighted by atomic mass is 9.90. The Hall–Kier alpha value is -1.06. The standard InChI is InChI=1S/C15H22N2O.ClH/c1-11-4-5-13(12(2)10-11)14(18)17-15(3)6-8-16-9-7-15;/h4-5,10,16H,6-9H2,1-3H3,(H,17,18);1H. The Morgan fingerprint density at radius 1 is 1.26 bits per heavy atom. The van der Waals surface area contributed by atoms with Crippen LogP contribution in [0, 0.1) is 13.8 Å². The van der Waals surface area contributed by atoms with Gasteiger partial charge < -0.3 is 10.6 Å². The molecule has 0 aromatic heterocycles. The minimum Gasteiger partial charge on any atom is -0.347 e. The van der Waals surface area contributed by atoms with Crippen LogP contribution in [0.3, 0.4) is 0 Å². The fourth-order valence-electron chi connectivity index (χ4n) is 2.51. The average Bonchev–Trinajstić information content (AvgIpc) is 2.28. The third kappa shape index (κ3) is 3.95. The van der Waals surface area contributed by atoms with Crippen molar-refractivity contribution in [2.24, 2.45) is 0 Å². The lowest BCUT2D eigenvalue weighted by Gasteiger charge is -2.35. The van der Waals surface area contributed by atoms with Crippen LogP contribution in [0.25, 0.3) is 0 Å². The van der Waals surface area contributed by atoms with Crippen LogP contribution in [0.15, 0.2) is 18.2 Å². The van der Waals surface area contributed by atoms with Crippen LogP contribution >= 0.6 is 12.4 Å². The summed E-state index contributed by atoms with van der Waals surface area (Å²) in [5.74, 6) is 0.0527. The zero-order valence-corrected chi connectivity index (χ0v) is 12.7. The summed E-state index contributed by atoms with van der Waals surface area (Å²) in [5, 5.41) is 6.51. The van der Waals surface area contributed by atoms with Gasteiger partial charge in [-0.05, 0) is 58.3 Å². The van der Waals surface area contributed by atoms with E-state index in [9.17, 15) is 4.79 Å². The molecule has 2 N–H and O–H groups in total. The van der Waals surface area contributed by atoms with Gasteiger partial charge in [0.05, 0.1) is 0 Å². The smallest absolute Gasteiger partial charge is 0.251 e. The van der Waals surface area contributed by atoms with Crippen molar-refractivity contribution in [1.29, 1.82) is 0 Å². The summed E-state index contributed by atoms with van der Waals surface area (Å²) in [6, 6.07) is 5.97. The first-order valence-electron chi connectivity index (χ1n) is 6.61. The number of rotatable bonds is 2. The van der Waals surface area contributed by atoms with E-state index in [1.165, 1.54) is 5.56 Å². The van der Waals surface area contributed by atoms with Gasteiger partial charge in [0.2, 0.25) is 0 Å². The summed E-state index contributed by atoms with van der Waals surface area (Å²) < 4.78 is 0. The Labute approximate surface area is 121 Å². The number of nitrogens with one attached hydrogen (secondary N) is 2. The Balaban J connectivity index is 0.00000180. The van der Waals surface area contributed by atoms with Crippen LogP contribution in [-0.2, 0) is 0 Å². The maximum Gasteiger partial charge on any atom is 0.251 e. The van der Waals surface area contributed by atoms with Crippen LogP contribution in [0.4, 0.5) is 0 Å². The normalized spacial score (nSPS) is 17.4. The number of halogens is 1. The molecule has 1 aromatic carbocycles. The van der Waals surface area contributed by atoms with E-state index in [1.54, 1.807) is 0 Å². The van der Waals surface area contributed by atoms with E-state index in [1.807, 2.05) is 26.0 Å². The van der Waals surface area contributed by atoms with Gasteiger partial charge in [-0.1, -0.05) is 17.7 Å². The van der Waals surface area contributed by atoms with Crippen LogP contribution < -0.4 is 10.6 Å². The van der Waals surface area contributed by atoms with Gasteiger partial charge in [-0.3, -0.25) is 4.79 Å². The molecule has 1 saturated heterocycles. The Kier molecular flexibility index (Phi) is 5.39. The van der Waals surface area contributed by atoms with Crippen LogP contribution in [0.5, 0.6) is 0 Å². The summed E-state index contributed by atoms with van der Waals surface area (Å²) >= 11 is 0. The van der Waals surface area contributed by atoms with Crippen molar-refractivity contribution in [3.05, 3.63) is 34.9 Å². The lowest BCUT2D eigenvalue weighted by Crippen LogP contribution is -2.52. The second kappa shape index (κ2) is 6.40. The van der Waals surface area contributed by atoms with Crippen molar-refractivity contribution in [2.45, 2.75) is 39.2 Å². The molecule has 1 fully saturated rings. The molecule has 0 spiro atoms. The van der Waals surface area contributed by atoms with Crippen LogP contribution in [0.1, 0.15) is 41.3 Å². The van der Waals surface area contributed by atoms with Gasteiger partial charge in [-0.25, -0.2) is 0 Å². The monoisotopic (exact) mass is 282 g/mol. The third-order valence-electron chi connectivity index (χ3n) is 3.75. The van der Waals surface area contributed by atoms with E-state index < -0.39 is 0 Å². The molecule has 1 aromatic rings. The summed E-state index contributed by atoms with van der Waals surface area (Å²) in [7, 11) is 0. The predicted octanol–water partition coefficient (Wildman–Crippen LogP) is 2.60. The molecular weight excluding hydrogens is 260 g/mol. The van der Waals surface area contributed by atoms with Gasteiger partial charge in [-0.2, -0.15) is 0 Å². The molecule has 4 heteroatoms. The molecule has 1 amide bonds. The highest BCUT2D eigenvalue weighted by molar-refractivity contribution is 5.96. The van der Waals surface area contributed by atoms with Gasteiger partial charge >= 0.3 is 0 Å². The molecule has 1 aliphatic rings. The molecule has 2 rings (SSSR count). The molecule has 3 nitrogen and oxygen atoms in total. The number of hydrogen-bond donors (Lipinski definition) is 2. The highest BCUT2D eigenvalue weighted by Gasteiger charge is 2.28. The van der Waals surface area contributed by atoms with Gasteiger partial charge in [0, 0.05) is 11.1 Å². The van der Waals surface area contributed by atoms with E-state index in [4.69, 9.17) is 0 Å². The number of benzene rings is 1. The molecule has 106 valence electrons.